The van der Waals surface area contributed by atoms with Gasteiger partial charge in [0.15, 0.2) is 0 Å². The van der Waals surface area contributed by atoms with Crippen molar-refractivity contribution in [1.29, 1.82) is 0 Å². The van der Waals surface area contributed by atoms with Gasteiger partial charge in [0, 0.05) is 12.6 Å². The van der Waals surface area contributed by atoms with Gasteiger partial charge in [-0.2, -0.15) is 0 Å². The number of aromatic hydroxyl groups is 1. The van der Waals surface area contributed by atoms with Crippen LogP contribution in [0.4, 0.5) is 4.79 Å². The number of aliphatic imine (C=N–C) groups is 1. The van der Waals surface area contributed by atoms with Crippen LogP contribution in [0.5, 0.6) is 5.75 Å². The first-order valence-electron chi connectivity index (χ1n) is 6.52. The van der Waals surface area contributed by atoms with Crippen LogP contribution in [-0.4, -0.2) is 41.8 Å². The van der Waals surface area contributed by atoms with Crippen LogP contribution in [-0.2, 0) is 4.74 Å². The number of phenolic OH excluding ortho intramolecular Hbond substituents is 1. The largest absolute Gasteiger partial charge is 0.508 e. The smallest absolute Gasteiger partial charge is 0.414 e. The molecule has 1 amide bonds. The number of hydrogen-bond donors (Lipinski definition) is 2. The normalized spacial score (nSPS) is 18.1. The lowest BCUT2D eigenvalue weighted by atomic mass is 10.1. The number of hydrogen-bond acceptors (Lipinski definition) is 5. The number of carbonyl (C=O) groups excluding carboxylic acids is 1. The van der Waals surface area contributed by atoms with E-state index < -0.39 is 6.09 Å². The van der Waals surface area contributed by atoms with Gasteiger partial charge in [-0.25, -0.2) is 4.79 Å². The van der Waals surface area contributed by atoms with Crippen molar-refractivity contribution in [1.82, 2.24) is 10.2 Å². The summed E-state index contributed by atoms with van der Waals surface area (Å²) in [6, 6.07) is 7.03. The van der Waals surface area contributed by atoms with E-state index in [1.165, 1.54) is 0 Å². The van der Waals surface area contributed by atoms with Crippen LogP contribution in [0.25, 0.3) is 0 Å². The number of nitrogens with one attached hydrogen (secondary N) is 1. The monoisotopic (exact) mass is 277 g/mol. The molecule has 1 aromatic carbocycles. The van der Waals surface area contributed by atoms with Crippen molar-refractivity contribution in [3.05, 3.63) is 29.8 Å². The Kier molecular flexibility index (Phi) is 4.12. The summed E-state index contributed by atoms with van der Waals surface area (Å²) in [7, 11) is 1.82. The number of para-hydroxylation sites is 1. The predicted octanol–water partition coefficient (Wildman–Crippen LogP) is 1.87. The standard InChI is InChI=1S/C14H19N3O3/c1-9(2)20-14(19)16-13-15-8-11(17(13)3)10-6-4-5-7-12(10)18/h4-7,9,11,18H,8H2,1-3H3,(H,15,16,19). The minimum Gasteiger partial charge on any atom is -0.508 e. The third kappa shape index (κ3) is 3.01. The summed E-state index contributed by atoms with van der Waals surface area (Å²) in [4.78, 5) is 17.7. The zero-order valence-corrected chi connectivity index (χ0v) is 11.8. The minimum absolute atomic E-state index is 0.0921. The van der Waals surface area contributed by atoms with E-state index in [0.717, 1.165) is 5.56 Å². The number of guanidine groups is 1. The lowest BCUT2D eigenvalue weighted by molar-refractivity contribution is 0.119. The van der Waals surface area contributed by atoms with E-state index in [0.29, 0.717) is 12.5 Å². The predicted molar refractivity (Wildman–Crippen MR) is 75.7 cm³/mol. The molecular weight excluding hydrogens is 258 g/mol. The molecule has 2 rings (SSSR count). The topological polar surface area (TPSA) is 74.2 Å². The second-order valence-electron chi connectivity index (χ2n) is 4.93. The van der Waals surface area contributed by atoms with Gasteiger partial charge in [-0.05, 0) is 19.9 Å². The Bertz CT molecular complexity index is 528. The minimum atomic E-state index is -0.525. The molecule has 1 aromatic rings. The van der Waals surface area contributed by atoms with Crippen molar-refractivity contribution in [3.8, 4) is 5.75 Å². The lowest BCUT2D eigenvalue weighted by Gasteiger charge is -2.24. The van der Waals surface area contributed by atoms with Crippen LogP contribution < -0.4 is 5.32 Å². The van der Waals surface area contributed by atoms with Crippen LogP contribution in [0.1, 0.15) is 25.5 Å². The van der Waals surface area contributed by atoms with E-state index >= 15 is 0 Å². The molecule has 0 saturated heterocycles. The Morgan fingerprint density at radius 3 is 2.85 bits per heavy atom. The number of phenols is 1. The van der Waals surface area contributed by atoms with Crippen LogP contribution >= 0.6 is 0 Å². The third-order valence-corrected chi connectivity index (χ3v) is 3.07. The Morgan fingerprint density at radius 1 is 1.50 bits per heavy atom. The fraction of sp³-hybridized carbons (Fsp3) is 0.429. The average Bonchev–Trinajstić information content (AvgIpc) is 2.71. The molecule has 1 unspecified atom stereocenters. The summed E-state index contributed by atoms with van der Waals surface area (Å²) >= 11 is 0. The van der Waals surface area contributed by atoms with Gasteiger partial charge in [-0.3, -0.25) is 10.3 Å². The van der Waals surface area contributed by atoms with Crippen LogP contribution in [0, 0.1) is 0 Å². The van der Waals surface area contributed by atoms with E-state index in [-0.39, 0.29) is 17.9 Å². The number of amides is 1. The van der Waals surface area contributed by atoms with Crippen molar-refractivity contribution < 1.29 is 14.6 Å². The van der Waals surface area contributed by atoms with Crippen molar-refractivity contribution in [2.45, 2.75) is 26.0 Å². The Labute approximate surface area is 118 Å². The number of benzene rings is 1. The van der Waals surface area contributed by atoms with E-state index in [9.17, 15) is 9.90 Å². The molecule has 20 heavy (non-hydrogen) atoms. The van der Waals surface area contributed by atoms with Gasteiger partial charge in [-0.1, -0.05) is 18.2 Å². The SMILES string of the molecule is CC(C)OC(=O)NC1=NCC(c2ccccc2O)N1C. The molecule has 108 valence electrons. The number of ether oxygens (including phenoxy) is 1. The summed E-state index contributed by atoms with van der Waals surface area (Å²) in [6.45, 7) is 4.04. The Hall–Kier alpha value is -2.24. The fourth-order valence-corrected chi connectivity index (χ4v) is 2.09. The van der Waals surface area contributed by atoms with Gasteiger partial charge in [0.2, 0.25) is 5.96 Å². The maximum Gasteiger partial charge on any atom is 0.414 e. The number of rotatable bonds is 2. The molecule has 1 atom stereocenters. The van der Waals surface area contributed by atoms with E-state index in [1.54, 1.807) is 26.0 Å². The zero-order chi connectivity index (χ0) is 14.7. The van der Waals surface area contributed by atoms with Gasteiger partial charge < -0.3 is 14.7 Å². The van der Waals surface area contributed by atoms with Crippen LogP contribution in [0.2, 0.25) is 0 Å². The van der Waals surface area contributed by atoms with Gasteiger partial charge in [-0.15, -0.1) is 0 Å². The Morgan fingerprint density at radius 2 is 2.20 bits per heavy atom. The van der Waals surface area contributed by atoms with Crippen LogP contribution in [0.15, 0.2) is 29.3 Å². The third-order valence-electron chi connectivity index (χ3n) is 3.07. The molecule has 0 bridgehead atoms. The molecule has 6 nitrogen and oxygen atoms in total. The molecule has 6 heteroatoms. The quantitative estimate of drug-likeness (QED) is 0.865. The van der Waals surface area contributed by atoms with Crippen molar-refractivity contribution >= 4 is 12.1 Å². The fourth-order valence-electron chi connectivity index (χ4n) is 2.09. The molecule has 1 aliphatic rings. The van der Waals surface area contributed by atoms with Crippen LogP contribution in [0.3, 0.4) is 0 Å². The number of alkyl carbamates (subject to hydrolysis) is 1. The van der Waals surface area contributed by atoms with Gasteiger partial charge >= 0.3 is 6.09 Å². The number of nitrogens with zero attached hydrogens (tertiary/aromatic N) is 2. The summed E-state index contributed by atoms with van der Waals surface area (Å²) in [5, 5.41) is 12.5. The molecule has 2 N–H and O–H groups in total. The maximum atomic E-state index is 11.6. The summed E-state index contributed by atoms with van der Waals surface area (Å²) in [6.07, 6.45) is -0.709. The highest BCUT2D eigenvalue weighted by molar-refractivity contribution is 5.95. The Balaban J connectivity index is 2.04. The molecule has 0 saturated carbocycles. The van der Waals surface area contributed by atoms with Gasteiger partial charge in [0.1, 0.15) is 5.75 Å². The zero-order valence-electron chi connectivity index (χ0n) is 11.8. The molecule has 1 heterocycles. The number of likely N-dealkylation sites (N-methyl/N-ethyl adjacent to an activating group) is 1. The first-order chi connectivity index (χ1) is 9.49. The van der Waals surface area contributed by atoms with E-state index in [2.05, 4.69) is 10.3 Å². The highest BCUT2D eigenvalue weighted by Crippen LogP contribution is 2.30. The molecule has 0 fully saturated rings. The van der Waals surface area contributed by atoms with E-state index in [1.807, 2.05) is 24.1 Å². The highest BCUT2D eigenvalue weighted by atomic mass is 16.6. The van der Waals surface area contributed by atoms with Gasteiger partial charge in [0.25, 0.3) is 0 Å². The average molecular weight is 277 g/mol. The van der Waals surface area contributed by atoms with Crippen molar-refractivity contribution in [2.24, 2.45) is 4.99 Å². The molecular formula is C14H19N3O3. The maximum absolute atomic E-state index is 11.6. The molecule has 0 aromatic heterocycles. The summed E-state index contributed by atoms with van der Waals surface area (Å²) in [5.74, 6) is 0.675. The second-order valence-corrected chi connectivity index (χ2v) is 4.93. The number of carbonyl (C=O) groups is 1. The molecule has 1 aliphatic heterocycles. The summed E-state index contributed by atoms with van der Waals surface area (Å²) in [5.41, 5.74) is 0.785. The van der Waals surface area contributed by atoms with Gasteiger partial charge in [0.05, 0.1) is 18.7 Å². The molecule has 0 aliphatic carbocycles. The molecule has 0 spiro atoms. The van der Waals surface area contributed by atoms with Crippen molar-refractivity contribution in [3.63, 3.8) is 0 Å². The first-order valence-corrected chi connectivity index (χ1v) is 6.52. The second kappa shape index (κ2) is 5.81. The molecule has 0 radical (unpaired) electrons. The lowest BCUT2D eigenvalue weighted by Crippen LogP contribution is -2.41. The van der Waals surface area contributed by atoms with E-state index in [4.69, 9.17) is 4.74 Å². The summed E-state index contributed by atoms with van der Waals surface area (Å²) < 4.78 is 5.02. The van der Waals surface area contributed by atoms with Crippen molar-refractivity contribution in [2.75, 3.05) is 13.6 Å². The highest BCUT2D eigenvalue weighted by Gasteiger charge is 2.29. The first kappa shape index (κ1) is 14.2.